The molecule has 1 aromatic carbocycles. The molecule has 1 aliphatic heterocycles. The number of fused-ring (bicyclic) bond motifs is 1. The van der Waals surface area contributed by atoms with E-state index in [1.165, 1.54) is 0 Å². The summed E-state index contributed by atoms with van der Waals surface area (Å²) in [6.07, 6.45) is 2.49. The summed E-state index contributed by atoms with van der Waals surface area (Å²) in [4.78, 5) is 8.98. The topological polar surface area (TPSA) is 101 Å². The number of rotatable bonds is 7. The van der Waals surface area contributed by atoms with Gasteiger partial charge in [-0.05, 0) is 31.5 Å². The van der Waals surface area contributed by atoms with Crippen molar-refractivity contribution in [1.82, 2.24) is 14.3 Å². The van der Waals surface area contributed by atoms with Crippen molar-refractivity contribution < 1.29 is 8.42 Å². The number of hydrogen-bond donors (Lipinski definition) is 2. The van der Waals surface area contributed by atoms with E-state index < -0.39 is 10.0 Å². The molecule has 0 spiro atoms. The lowest BCUT2D eigenvalue weighted by molar-refractivity contribution is 0.478. The van der Waals surface area contributed by atoms with Crippen LogP contribution in [0.1, 0.15) is 18.7 Å². The van der Waals surface area contributed by atoms with Gasteiger partial charge in [0.2, 0.25) is 10.0 Å². The monoisotopic (exact) mass is 349 g/mol. The van der Waals surface area contributed by atoms with Crippen LogP contribution in [0.2, 0.25) is 0 Å². The molecular weight excluding hydrogens is 326 g/mol. The van der Waals surface area contributed by atoms with Gasteiger partial charge in [-0.3, -0.25) is 0 Å². The van der Waals surface area contributed by atoms with Crippen LogP contribution in [-0.4, -0.2) is 54.6 Å². The first-order chi connectivity index (χ1) is 11.6. The van der Waals surface area contributed by atoms with Crippen molar-refractivity contribution in [2.75, 3.05) is 37.2 Å². The Balaban J connectivity index is 1.74. The van der Waals surface area contributed by atoms with Gasteiger partial charge < -0.3 is 11.1 Å². The van der Waals surface area contributed by atoms with Gasteiger partial charge in [-0.2, -0.15) is 0 Å². The van der Waals surface area contributed by atoms with Crippen LogP contribution in [0.4, 0.5) is 5.82 Å². The Labute approximate surface area is 142 Å². The van der Waals surface area contributed by atoms with Crippen molar-refractivity contribution in [1.29, 1.82) is 0 Å². The molecule has 1 saturated heterocycles. The molecule has 7 nitrogen and oxygen atoms in total. The maximum atomic E-state index is 12.3. The molecule has 0 bridgehead atoms. The molecule has 2 heterocycles. The van der Waals surface area contributed by atoms with Crippen molar-refractivity contribution >= 4 is 26.7 Å². The van der Waals surface area contributed by atoms with Gasteiger partial charge in [0.1, 0.15) is 11.6 Å². The minimum absolute atomic E-state index is 0.0670. The SMILES string of the molecule is NCCc1nc(NCCS(=O)(=O)N2CCCC2)c2ccccc2n1. The highest BCUT2D eigenvalue weighted by atomic mass is 32.2. The van der Waals surface area contributed by atoms with E-state index in [1.807, 2.05) is 24.3 Å². The second-order valence-corrected chi connectivity index (χ2v) is 7.98. The van der Waals surface area contributed by atoms with Gasteiger partial charge in [0.05, 0.1) is 11.3 Å². The molecule has 0 aliphatic carbocycles. The molecule has 2 aromatic rings. The second kappa shape index (κ2) is 7.42. The lowest BCUT2D eigenvalue weighted by Gasteiger charge is -2.16. The molecule has 24 heavy (non-hydrogen) atoms. The van der Waals surface area contributed by atoms with Crippen molar-refractivity contribution in [3.63, 3.8) is 0 Å². The van der Waals surface area contributed by atoms with Crippen LogP contribution in [0.5, 0.6) is 0 Å². The summed E-state index contributed by atoms with van der Waals surface area (Å²) < 4.78 is 26.2. The van der Waals surface area contributed by atoms with E-state index in [0.717, 1.165) is 23.7 Å². The molecule has 0 radical (unpaired) electrons. The standard InChI is InChI=1S/C16H23N5O2S/c17-8-7-15-19-14-6-2-1-5-13(14)16(20-15)18-9-12-24(22,23)21-10-3-4-11-21/h1-2,5-6H,3-4,7-12,17H2,(H,18,19,20). The number of hydrogen-bond acceptors (Lipinski definition) is 6. The summed E-state index contributed by atoms with van der Waals surface area (Å²) in [5.41, 5.74) is 6.43. The Morgan fingerprint density at radius 2 is 1.92 bits per heavy atom. The molecule has 1 aliphatic rings. The maximum absolute atomic E-state index is 12.3. The Kier molecular flexibility index (Phi) is 5.27. The van der Waals surface area contributed by atoms with Crippen molar-refractivity contribution in [2.24, 2.45) is 5.73 Å². The summed E-state index contributed by atoms with van der Waals surface area (Å²) in [5.74, 6) is 1.40. The highest BCUT2D eigenvalue weighted by Gasteiger charge is 2.24. The van der Waals surface area contributed by atoms with E-state index in [-0.39, 0.29) is 5.75 Å². The third-order valence-electron chi connectivity index (χ3n) is 4.13. The van der Waals surface area contributed by atoms with E-state index in [0.29, 0.717) is 44.2 Å². The van der Waals surface area contributed by atoms with Crippen LogP contribution >= 0.6 is 0 Å². The maximum Gasteiger partial charge on any atom is 0.215 e. The minimum atomic E-state index is -3.20. The van der Waals surface area contributed by atoms with Gasteiger partial charge in [-0.1, -0.05) is 12.1 Å². The molecule has 3 N–H and O–H groups in total. The molecule has 1 aromatic heterocycles. The first-order valence-electron chi connectivity index (χ1n) is 8.27. The number of nitrogens with one attached hydrogen (secondary N) is 1. The number of nitrogens with zero attached hydrogens (tertiary/aromatic N) is 3. The molecule has 130 valence electrons. The van der Waals surface area contributed by atoms with Gasteiger partial charge in [-0.15, -0.1) is 0 Å². The average Bonchev–Trinajstić information content (AvgIpc) is 3.10. The van der Waals surface area contributed by atoms with Gasteiger partial charge >= 0.3 is 0 Å². The third kappa shape index (κ3) is 3.82. The molecule has 8 heteroatoms. The average molecular weight is 349 g/mol. The summed E-state index contributed by atoms with van der Waals surface area (Å²) in [6, 6.07) is 7.69. The van der Waals surface area contributed by atoms with E-state index in [1.54, 1.807) is 4.31 Å². The first kappa shape index (κ1) is 17.1. The molecule has 0 amide bonds. The van der Waals surface area contributed by atoms with Crippen LogP contribution < -0.4 is 11.1 Å². The van der Waals surface area contributed by atoms with Crippen LogP contribution in [0, 0.1) is 0 Å². The van der Waals surface area contributed by atoms with Crippen LogP contribution in [0.15, 0.2) is 24.3 Å². The quantitative estimate of drug-likeness (QED) is 0.772. The fourth-order valence-electron chi connectivity index (χ4n) is 2.89. The third-order valence-corrected chi connectivity index (χ3v) is 6.00. The lowest BCUT2D eigenvalue weighted by Crippen LogP contribution is -2.32. The predicted octanol–water partition coefficient (Wildman–Crippen LogP) is 0.968. The number of para-hydroxylation sites is 1. The summed E-state index contributed by atoms with van der Waals surface area (Å²) in [6.45, 7) is 2.07. The van der Waals surface area contributed by atoms with Crippen LogP contribution in [0.25, 0.3) is 10.9 Å². The number of anilines is 1. The highest BCUT2D eigenvalue weighted by Crippen LogP contribution is 2.20. The molecule has 0 atom stereocenters. The second-order valence-electron chi connectivity index (χ2n) is 5.89. The molecular formula is C16H23N5O2S. The van der Waals surface area contributed by atoms with Gasteiger partial charge in [-0.25, -0.2) is 22.7 Å². The largest absolute Gasteiger partial charge is 0.368 e. The molecule has 1 fully saturated rings. The number of aromatic nitrogens is 2. The smallest absolute Gasteiger partial charge is 0.215 e. The van der Waals surface area contributed by atoms with E-state index in [2.05, 4.69) is 15.3 Å². The van der Waals surface area contributed by atoms with Crippen molar-refractivity contribution in [3.05, 3.63) is 30.1 Å². The van der Waals surface area contributed by atoms with E-state index in [9.17, 15) is 8.42 Å². The summed E-state index contributed by atoms with van der Waals surface area (Å²) >= 11 is 0. The first-order valence-corrected chi connectivity index (χ1v) is 9.88. The number of sulfonamides is 1. The van der Waals surface area contributed by atoms with Gasteiger partial charge in [0.15, 0.2) is 0 Å². The van der Waals surface area contributed by atoms with Crippen LogP contribution in [-0.2, 0) is 16.4 Å². The molecule has 3 rings (SSSR count). The van der Waals surface area contributed by atoms with Crippen LogP contribution in [0.3, 0.4) is 0 Å². The normalized spacial score (nSPS) is 15.9. The Hall–Kier alpha value is -1.77. The Bertz CT molecular complexity index is 803. The summed E-state index contributed by atoms with van der Waals surface area (Å²) in [5, 5.41) is 4.05. The zero-order chi connectivity index (χ0) is 17.0. The number of nitrogens with two attached hydrogens (primary N) is 1. The molecule has 0 unspecified atom stereocenters. The lowest BCUT2D eigenvalue weighted by atomic mass is 10.2. The zero-order valence-electron chi connectivity index (χ0n) is 13.6. The summed E-state index contributed by atoms with van der Waals surface area (Å²) in [7, 11) is -3.20. The van der Waals surface area contributed by atoms with E-state index in [4.69, 9.17) is 5.73 Å². The predicted molar refractivity (Wildman–Crippen MR) is 95.4 cm³/mol. The Morgan fingerprint density at radius 3 is 2.67 bits per heavy atom. The van der Waals surface area contributed by atoms with Crippen molar-refractivity contribution in [3.8, 4) is 0 Å². The van der Waals surface area contributed by atoms with Crippen molar-refractivity contribution in [2.45, 2.75) is 19.3 Å². The molecule has 0 saturated carbocycles. The van der Waals surface area contributed by atoms with Gasteiger partial charge in [0, 0.05) is 31.4 Å². The zero-order valence-corrected chi connectivity index (χ0v) is 14.4. The fraction of sp³-hybridized carbons (Fsp3) is 0.500. The van der Waals surface area contributed by atoms with Gasteiger partial charge in [0.25, 0.3) is 0 Å². The highest BCUT2D eigenvalue weighted by molar-refractivity contribution is 7.89. The fourth-order valence-corrected chi connectivity index (χ4v) is 4.33. The minimum Gasteiger partial charge on any atom is -0.368 e. The Morgan fingerprint density at radius 1 is 1.17 bits per heavy atom. The van der Waals surface area contributed by atoms with E-state index >= 15 is 0 Å². The number of benzene rings is 1.